The summed E-state index contributed by atoms with van der Waals surface area (Å²) >= 11 is 0. The molecule has 2 aliphatic heterocycles. The van der Waals surface area contributed by atoms with Crippen molar-refractivity contribution in [1.82, 2.24) is 0 Å². The number of carbonyl (C=O) groups is 1. The molecule has 0 unspecified atom stereocenters. The number of rotatable bonds is 2. The molecule has 0 saturated carbocycles. The molecule has 2 aliphatic rings. The molecule has 116 valence electrons. The number of ketones is 1. The molecule has 0 aliphatic carbocycles. The van der Waals surface area contributed by atoms with Gasteiger partial charge in [0.2, 0.25) is 0 Å². The average molecular weight is 308 g/mol. The fourth-order valence-electron chi connectivity index (χ4n) is 3.29. The monoisotopic (exact) mass is 308 g/mol. The zero-order chi connectivity index (χ0) is 15.9. The van der Waals surface area contributed by atoms with Gasteiger partial charge in [-0.2, -0.15) is 10.2 Å². The Bertz CT molecular complexity index is 785. The first-order valence-electron chi connectivity index (χ1n) is 7.54. The Kier molecular flexibility index (Phi) is 3.15. The molecule has 5 nitrogen and oxygen atoms in total. The van der Waals surface area contributed by atoms with Crippen LogP contribution in [0.4, 0.5) is 0 Å². The summed E-state index contributed by atoms with van der Waals surface area (Å²) in [7, 11) is 1.63. The van der Waals surface area contributed by atoms with Gasteiger partial charge in [-0.1, -0.05) is 24.3 Å². The number of hydrogen-bond donors (Lipinski definition) is 0. The molecule has 0 aromatic heterocycles. The van der Waals surface area contributed by atoms with Crippen LogP contribution in [0.15, 0.2) is 58.8 Å². The van der Waals surface area contributed by atoms with Crippen LogP contribution in [-0.4, -0.2) is 31.6 Å². The summed E-state index contributed by atoms with van der Waals surface area (Å²) in [5, 5.41) is 8.50. The topological polar surface area (TPSA) is 60.3 Å². The molecule has 4 rings (SSSR count). The van der Waals surface area contributed by atoms with Crippen LogP contribution in [0.25, 0.3) is 0 Å². The Balaban J connectivity index is 1.74. The van der Waals surface area contributed by atoms with Gasteiger partial charge in [0.25, 0.3) is 0 Å². The summed E-state index contributed by atoms with van der Waals surface area (Å²) in [6, 6.07) is 15.0. The number of Topliss-reactive ketones (excluding diaryl/α,β-unsaturated/α-hetero) is 1. The van der Waals surface area contributed by atoms with Crippen molar-refractivity contribution in [3.05, 3.63) is 59.7 Å². The predicted octanol–water partition coefficient (Wildman–Crippen LogP) is 3.26. The lowest BCUT2D eigenvalue weighted by molar-refractivity contribution is 0.0759. The molecule has 0 saturated heterocycles. The van der Waals surface area contributed by atoms with E-state index in [0.29, 0.717) is 17.9 Å². The zero-order valence-corrected chi connectivity index (χ0v) is 12.7. The molecule has 2 atom stereocenters. The molecule has 0 bridgehead atoms. The summed E-state index contributed by atoms with van der Waals surface area (Å²) in [4.78, 5) is 13.1. The van der Waals surface area contributed by atoms with E-state index < -0.39 is 5.54 Å². The van der Waals surface area contributed by atoms with E-state index >= 15 is 0 Å². The Morgan fingerprint density at radius 1 is 1.17 bits per heavy atom. The quantitative estimate of drug-likeness (QED) is 0.855. The lowest BCUT2D eigenvalue weighted by Crippen LogP contribution is -2.49. The maximum absolute atomic E-state index is 13.1. The maximum Gasteiger partial charge on any atom is 0.200 e. The summed E-state index contributed by atoms with van der Waals surface area (Å²) in [5.74, 6) is 1.28. The molecule has 0 N–H and O–H groups in total. The minimum absolute atomic E-state index is 0.0126. The Morgan fingerprint density at radius 2 is 1.96 bits per heavy atom. The Morgan fingerprint density at radius 3 is 2.74 bits per heavy atom. The van der Waals surface area contributed by atoms with Crippen LogP contribution in [0.3, 0.4) is 0 Å². The van der Waals surface area contributed by atoms with Crippen molar-refractivity contribution < 1.29 is 14.3 Å². The minimum Gasteiger partial charge on any atom is -0.497 e. The van der Waals surface area contributed by atoms with Gasteiger partial charge in [-0.15, -0.1) is 0 Å². The fourth-order valence-corrected chi connectivity index (χ4v) is 3.29. The number of para-hydroxylation sites is 1. The van der Waals surface area contributed by atoms with Crippen LogP contribution in [-0.2, 0) is 0 Å². The van der Waals surface area contributed by atoms with E-state index in [1.165, 1.54) is 0 Å². The smallest absolute Gasteiger partial charge is 0.200 e. The van der Waals surface area contributed by atoms with Gasteiger partial charge in [0.15, 0.2) is 11.3 Å². The van der Waals surface area contributed by atoms with Crippen LogP contribution in [0.2, 0.25) is 0 Å². The standard InChI is InChI=1S/C18H16N2O3/c1-22-13-8-6-12(7-9-13)15-10-19-20-18(15)11-23-16-5-3-2-4-14(16)17(18)21/h2-9,15H,10-11H2,1H3/t15-,18-/m0/s1. The first-order chi connectivity index (χ1) is 11.2. The van der Waals surface area contributed by atoms with E-state index in [4.69, 9.17) is 9.47 Å². The number of hydrogen-bond acceptors (Lipinski definition) is 5. The highest BCUT2D eigenvalue weighted by Crippen LogP contribution is 2.44. The highest BCUT2D eigenvalue weighted by molar-refractivity contribution is 6.07. The van der Waals surface area contributed by atoms with Gasteiger partial charge in [-0.05, 0) is 29.8 Å². The van der Waals surface area contributed by atoms with E-state index in [-0.39, 0.29) is 18.3 Å². The first-order valence-corrected chi connectivity index (χ1v) is 7.54. The number of carbonyl (C=O) groups excluding carboxylic acids is 1. The maximum atomic E-state index is 13.1. The fraction of sp³-hybridized carbons (Fsp3) is 0.278. The third-order valence-corrected chi connectivity index (χ3v) is 4.58. The second-order valence-corrected chi connectivity index (χ2v) is 5.79. The van der Waals surface area contributed by atoms with Gasteiger partial charge in [-0.25, -0.2) is 0 Å². The highest BCUT2D eigenvalue weighted by Gasteiger charge is 2.53. The van der Waals surface area contributed by atoms with E-state index in [1.54, 1.807) is 13.2 Å². The second kappa shape index (κ2) is 5.19. The molecule has 0 fully saturated rings. The molecule has 5 heteroatoms. The third-order valence-electron chi connectivity index (χ3n) is 4.58. The van der Waals surface area contributed by atoms with Gasteiger partial charge >= 0.3 is 0 Å². The highest BCUT2D eigenvalue weighted by atomic mass is 16.5. The summed E-state index contributed by atoms with van der Waals surface area (Å²) in [6.07, 6.45) is 0. The summed E-state index contributed by atoms with van der Waals surface area (Å²) in [5.41, 5.74) is 0.647. The zero-order valence-electron chi connectivity index (χ0n) is 12.7. The first kappa shape index (κ1) is 13.9. The van der Waals surface area contributed by atoms with Crippen LogP contribution in [0, 0.1) is 0 Å². The van der Waals surface area contributed by atoms with Crippen molar-refractivity contribution >= 4 is 5.78 Å². The molecule has 0 amide bonds. The van der Waals surface area contributed by atoms with Crippen molar-refractivity contribution in [3.8, 4) is 11.5 Å². The van der Waals surface area contributed by atoms with Crippen molar-refractivity contribution in [1.29, 1.82) is 0 Å². The average Bonchev–Trinajstić information content (AvgIpc) is 3.03. The number of benzene rings is 2. The van der Waals surface area contributed by atoms with Crippen LogP contribution in [0.5, 0.6) is 11.5 Å². The molecule has 2 heterocycles. The van der Waals surface area contributed by atoms with Gasteiger partial charge in [0.05, 0.1) is 19.2 Å². The molecular weight excluding hydrogens is 292 g/mol. The molecule has 1 spiro atoms. The van der Waals surface area contributed by atoms with E-state index in [0.717, 1.165) is 11.3 Å². The van der Waals surface area contributed by atoms with Crippen LogP contribution >= 0.6 is 0 Å². The number of azo groups is 1. The Hall–Kier alpha value is -2.69. The van der Waals surface area contributed by atoms with Crippen molar-refractivity contribution in [2.24, 2.45) is 10.2 Å². The van der Waals surface area contributed by atoms with Crippen molar-refractivity contribution in [2.75, 3.05) is 20.3 Å². The number of nitrogens with zero attached hydrogens (tertiary/aromatic N) is 2. The molecule has 23 heavy (non-hydrogen) atoms. The number of methoxy groups -OCH3 is 1. The van der Waals surface area contributed by atoms with Gasteiger partial charge in [0.1, 0.15) is 18.1 Å². The number of fused-ring (bicyclic) bond motifs is 1. The van der Waals surface area contributed by atoms with Crippen LogP contribution in [0.1, 0.15) is 21.8 Å². The van der Waals surface area contributed by atoms with Gasteiger partial charge in [0, 0.05) is 5.92 Å². The summed E-state index contributed by atoms with van der Waals surface area (Å²) in [6.45, 7) is 0.715. The van der Waals surface area contributed by atoms with E-state index in [2.05, 4.69) is 10.2 Å². The molecular formula is C18H16N2O3. The molecule has 2 aromatic carbocycles. The van der Waals surface area contributed by atoms with Crippen molar-refractivity contribution in [3.63, 3.8) is 0 Å². The Labute approximate surface area is 134 Å². The van der Waals surface area contributed by atoms with Gasteiger partial charge < -0.3 is 9.47 Å². The predicted molar refractivity (Wildman–Crippen MR) is 84.5 cm³/mol. The van der Waals surface area contributed by atoms with Crippen molar-refractivity contribution in [2.45, 2.75) is 11.5 Å². The minimum atomic E-state index is -0.955. The lowest BCUT2D eigenvalue weighted by Gasteiger charge is -2.34. The van der Waals surface area contributed by atoms with E-state index in [1.807, 2.05) is 42.5 Å². The largest absolute Gasteiger partial charge is 0.497 e. The third kappa shape index (κ3) is 2.04. The van der Waals surface area contributed by atoms with E-state index in [9.17, 15) is 4.79 Å². The normalized spacial score (nSPS) is 25.3. The second-order valence-electron chi connectivity index (χ2n) is 5.79. The molecule has 0 radical (unpaired) electrons. The van der Waals surface area contributed by atoms with Crippen LogP contribution < -0.4 is 9.47 Å². The SMILES string of the molecule is COc1ccc([C@@H]2CN=N[C@@]23COc2ccccc2C3=O)cc1. The lowest BCUT2D eigenvalue weighted by atomic mass is 9.75. The molecule has 2 aromatic rings. The number of ether oxygens (including phenoxy) is 2. The summed E-state index contributed by atoms with van der Waals surface area (Å²) < 4.78 is 11.0. The van der Waals surface area contributed by atoms with Gasteiger partial charge in [-0.3, -0.25) is 4.79 Å².